The second kappa shape index (κ2) is 6.60. The van der Waals surface area contributed by atoms with E-state index in [1.807, 2.05) is 20.9 Å². The molecule has 0 aliphatic rings. The smallest absolute Gasteiger partial charge is 0.163 e. The summed E-state index contributed by atoms with van der Waals surface area (Å²) in [6.07, 6.45) is 1.87. The molecule has 2 rings (SSSR count). The van der Waals surface area contributed by atoms with Crippen LogP contribution in [0.3, 0.4) is 0 Å². The Labute approximate surface area is 117 Å². The van der Waals surface area contributed by atoms with Gasteiger partial charge in [-0.1, -0.05) is 0 Å². The van der Waals surface area contributed by atoms with Crippen molar-refractivity contribution >= 4 is 16.9 Å². The SMILES string of the molecule is CC(C)OCCOCc1nc(NN)c2cnn(C)c2n1. The van der Waals surface area contributed by atoms with Gasteiger partial charge in [0.05, 0.1) is 30.9 Å². The van der Waals surface area contributed by atoms with Crippen molar-refractivity contribution in [2.45, 2.75) is 26.6 Å². The quantitative estimate of drug-likeness (QED) is 0.435. The van der Waals surface area contributed by atoms with Crippen LogP contribution in [0.1, 0.15) is 19.7 Å². The molecule has 0 aliphatic carbocycles. The Morgan fingerprint density at radius 1 is 1.35 bits per heavy atom. The molecule has 0 fully saturated rings. The van der Waals surface area contributed by atoms with Gasteiger partial charge in [-0.15, -0.1) is 0 Å². The number of nitrogens with one attached hydrogen (secondary N) is 1. The number of hydrogen-bond donors (Lipinski definition) is 2. The van der Waals surface area contributed by atoms with E-state index in [-0.39, 0.29) is 6.10 Å². The number of nitrogens with zero attached hydrogens (tertiary/aromatic N) is 4. The van der Waals surface area contributed by atoms with Crippen molar-refractivity contribution < 1.29 is 9.47 Å². The Bertz CT molecular complexity index is 568. The maximum atomic E-state index is 5.49. The highest BCUT2D eigenvalue weighted by molar-refractivity contribution is 5.86. The summed E-state index contributed by atoms with van der Waals surface area (Å²) in [4.78, 5) is 8.70. The third-order valence-electron chi connectivity index (χ3n) is 2.69. The number of hydrogen-bond acceptors (Lipinski definition) is 7. The van der Waals surface area contributed by atoms with Crippen LogP contribution in [0.25, 0.3) is 11.0 Å². The van der Waals surface area contributed by atoms with Gasteiger partial charge in [0.2, 0.25) is 0 Å². The molecule has 0 saturated carbocycles. The van der Waals surface area contributed by atoms with E-state index < -0.39 is 0 Å². The molecule has 2 heterocycles. The molecule has 0 bridgehead atoms. The molecular formula is C12H20N6O2. The van der Waals surface area contributed by atoms with Gasteiger partial charge in [-0.2, -0.15) is 5.10 Å². The summed E-state index contributed by atoms with van der Waals surface area (Å²) >= 11 is 0. The first-order chi connectivity index (χ1) is 9.61. The van der Waals surface area contributed by atoms with Gasteiger partial charge in [0, 0.05) is 7.05 Å². The third kappa shape index (κ3) is 3.41. The maximum Gasteiger partial charge on any atom is 0.163 e. The number of aromatic nitrogens is 4. The van der Waals surface area contributed by atoms with Gasteiger partial charge in [-0.05, 0) is 13.8 Å². The van der Waals surface area contributed by atoms with E-state index in [0.29, 0.717) is 37.1 Å². The van der Waals surface area contributed by atoms with E-state index in [9.17, 15) is 0 Å². The molecular weight excluding hydrogens is 260 g/mol. The number of hydrazine groups is 1. The largest absolute Gasteiger partial charge is 0.376 e. The van der Waals surface area contributed by atoms with Crippen molar-refractivity contribution in [2.75, 3.05) is 18.6 Å². The molecule has 2 aromatic heterocycles. The van der Waals surface area contributed by atoms with Crippen LogP contribution in [-0.2, 0) is 23.1 Å². The van der Waals surface area contributed by atoms with E-state index in [1.165, 1.54) is 0 Å². The molecule has 0 radical (unpaired) electrons. The number of nitrogen functional groups attached to an aromatic ring is 1. The minimum atomic E-state index is 0.202. The summed E-state index contributed by atoms with van der Waals surface area (Å²) in [6, 6.07) is 0. The molecule has 2 aromatic rings. The number of nitrogens with two attached hydrogens (primary N) is 1. The van der Waals surface area contributed by atoms with E-state index >= 15 is 0 Å². The topological polar surface area (TPSA) is 100 Å². The normalized spacial score (nSPS) is 11.4. The van der Waals surface area contributed by atoms with Crippen LogP contribution in [0.15, 0.2) is 6.20 Å². The summed E-state index contributed by atoms with van der Waals surface area (Å²) in [5.74, 6) is 6.56. The lowest BCUT2D eigenvalue weighted by molar-refractivity contribution is 0.0128. The first-order valence-electron chi connectivity index (χ1n) is 6.46. The van der Waals surface area contributed by atoms with E-state index in [2.05, 4.69) is 20.5 Å². The van der Waals surface area contributed by atoms with Crippen molar-refractivity contribution in [1.82, 2.24) is 19.7 Å². The van der Waals surface area contributed by atoms with Crippen LogP contribution in [-0.4, -0.2) is 39.1 Å². The zero-order valence-corrected chi connectivity index (χ0v) is 12.0. The highest BCUT2D eigenvalue weighted by Gasteiger charge is 2.10. The van der Waals surface area contributed by atoms with Crippen LogP contribution >= 0.6 is 0 Å². The Kier molecular flexibility index (Phi) is 4.83. The summed E-state index contributed by atoms with van der Waals surface area (Å²) in [6.45, 7) is 5.32. The van der Waals surface area contributed by atoms with Gasteiger partial charge in [0.25, 0.3) is 0 Å². The zero-order valence-electron chi connectivity index (χ0n) is 12.0. The Hall–Kier alpha value is -1.77. The summed E-state index contributed by atoms with van der Waals surface area (Å²) < 4.78 is 12.5. The molecule has 0 saturated heterocycles. The van der Waals surface area contributed by atoms with Crippen LogP contribution in [0.2, 0.25) is 0 Å². The molecule has 0 aromatic carbocycles. The fourth-order valence-corrected chi connectivity index (χ4v) is 1.75. The molecule has 0 amide bonds. The van der Waals surface area contributed by atoms with E-state index in [0.717, 1.165) is 5.39 Å². The molecule has 8 nitrogen and oxygen atoms in total. The number of ether oxygens (including phenoxy) is 2. The van der Waals surface area contributed by atoms with Crippen LogP contribution in [0.5, 0.6) is 0 Å². The average molecular weight is 280 g/mol. The second-order valence-corrected chi connectivity index (χ2v) is 4.61. The van der Waals surface area contributed by atoms with Crippen molar-refractivity contribution in [2.24, 2.45) is 12.9 Å². The van der Waals surface area contributed by atoms with Gasteiger partial charge in [-0.25, -0.2) is 15.8 Å². The Morgan fingerprint density at radius 2 is 2.15 bits per heavy atom. The molecule has 20 heavy (non-hydrogen) atoms. The fourth-order valence-electron chi connectivity index (χ4n) is 1.75. The van der Waals surface area contributed by atoms with Crippen LogP contribution in [0.4, 0.5) is 5.82 Å². The maximum absolute atomic E-state index is 5.49. The number of aryl methyl sites for hydroxylation is 1. The minimum Gasteiger partial charge on any atom is -0.376 e. The first kappa shape index (κ1) is 14.6. The minimum absolute atomic E-state index is 0.202. The molecule has 0 aliphatic heterocycles. The average Bonchev–Trinajstić information content (AvgIpc) is 2.79. The molecule has 8 heteroatoms. The lowest BCUT2D eigenvalue weighted by atomic mass is 10.4. The summed E-state index contributed by atoms with van der Waals surface area (Å²) in [5, 5.41) is 4.91. The molecule has 110 valence electrons. The van der Waals surface area contributed by atoms with Crippen molar-refractivity contribution in [3.05, 3.63) is 12.0 Å². The molecule has 0 atom stereocenters. The van der Waals surface area contributed by atoms with E-state index in [4.69, 9.17) is 15.3 Å². The lowest BCUT2D eigenvalue weighted by Gasteiger charge is -2.08. The summed E-state index contributed by atoms with van der Waals surface area (Å²) in [7, 11) is 1.82. The number of fused-ring (bicyclic) bond motifs is 1. The fraction of sp³-hybridized carbons (Fsp3) is 0.583. The Balaban J connectivity index is 2.01. The monoisotopic (exact) mass is 280 g/mol. The van der Waals surface area contributed by atoms with E-state index in [1.54, 1.807) is 10.9 Å². The zero-order chi connectivity index (χ0) is 14.5. The molecule has 3 N–H and O–H groups in total. The third-order valence-corrected chi connectivity index (χ3v) is 2.69. The first-order valence-corrected chi connectivity index (χ1v) is 6.46. The van der Waals surface area contributed by atoms with Crippen LogP contribution < -0.4 is 11.3 Å². The lowest BCUT2D eigenvalue weighted by Crippen LogP contribution is -2.13. The predicted octanol–water partition coefficient (Wildman–Crippen LogP) is 0.590. The number of anilines is 1. The van der Waals surface area contributed by atoms with Crippen LogP contribution in [0, 0.1) is 0 Å². The Morgan fingerprint density at radius 3 is 2.85 bits per heavy atom. The van der Waals surface area contributed by atoms with Gasteiger partial charge in [0.15, 0.2) is 17.3 Å². The predicted molar refractivity (Wildman–Crippen MR) is 74.9 cm³/mol. The van der Waals surface area contributed by atoms with Gasteiger partial charge < -0.3 is 14.9 Å². The van der Waals surface area contributed by atoms with Gasteiger partial charge >= 0.3 is 0 Å². The van der Waals surface area contributed by atoms with Gasteiger partial charge in [-0.3, -0.25) is 4.68 Å². The second-order valence-electron chi connectivity index (χ2n) is 4.61. The van der Waals surface area contributed by atoms with Crippen molar-refractivity contribution in [3.63, 3.8) is 0 Å². The standard InChI is InChI=1S/C12H20N6O2/c1-8(2)20-5-4-19-7-10-15-11(17-13)9-6-14-18(3)12(9)16-10/h6,8H,4-5,7,13H2,1-3H3,(H,15,16,17). The highest BCUT2D eigenvalue weighted by Crippen LogP contribution is 2.18. The van der Waals surface area contributed by atoms with Crippen molar-refractivity contribution in [1.29, 1.82) is 0 Å². The molecule has 0 spiro atoms. The molecule has 0 unspecified atom stereocenters. The highest BCUT2D eigenvalue weighted by atomic mass is 16.5. The summed E-state index contributed by atoms with van der Waals surface area (Å²) in [5.41, 5.74) is 3.27. The number of rotatable bonds is 7. The van der Waals surface area contributed by atoms with Crippen molar-refractivity contribution in [3.8, 4) is 0 Å². The van der Waals surface area contributed by atoms with Gasteiger partial charge in [0.1, 0.15) is 6.61 Å².